The van der Waals surface area contributed by atoms with E-state index in [2.05, 4.69) is 4.74 Å². The van der Waals surface area contributed by atoms with Gasteiger partial charge >= 0.3 is 5.97 Å². The lowest BCUT2D eigenvalue weighted by molar-refractivity contribution is -0.137. The van der Waals surface area contributed by atoms with Crippen molar-refractivity contribution in [1.29, 1.82) is 0 Å². The Balaban J connectivity index is 4.53. The summed E-state index contributed by atoms with van der Waals surface area (Å²) in [5.41, 5.74) is 0. The average Bonchev–Trinajstić information content (AvgIpc) is 2.02. The Labute approximate surface area is 101 Å². The maximum atomic E-state index is 11.0. The monoisotopic (exact) mass is 278 g/mol. The van der Waals surface area contributed by atoms with E-state index in [1.165, 1.54) is 0 Å². The highest BCUT2D eigenvalue weighted by molar-refractivity contribution is 6.77. The molecule has 0 aromatic heterocycles. The first kappa shape index (κ1) is 14.0. The first-order chi connectivity index (χ1) is 6.29. The number of carbonyl (C=O) groups is 2. The van der Waals surface area contributed by atoms with E-state index < -0.39 is 20.6 Å². The topological polar surface area (TPSA) is 43.4 Å². The van der Waals surface area contributed by atoms with Crippen LogP contribution in [0.25, 0.3) is 0 Å². The van der Waals surface area contributed by atoms with E-state index in [1.807, 2.05) is 0 Å². The number of allylic oxidation sites excluding steroid dienone is 1. The summed E-state index contributed by atoms with van der Waals surface area (Å²) in [6.45, 7) is 1.74. The van der Waals surface area contributed by atoms with E-state index in [4.69, 9.17) is 46.4 Å². The highest BCUT2D eigenvalue weighted by atomic mass is 35.6. The summed E-state index contributed by atoms with van der Waals surface area (Å²) in [6.07, 6.45) is 0.715. The zero-order valence-electron chi connectivity index (χ0n) is 7.02. The van der Waals surface area contributed by atoms with Crippen molar-refractivity contribution in [2.75, 3.05) is 6.61 Å². The van der Waals surface area contributed by atoms with Crippen LogP contribution in [0.1, 0.15) is 6.92 Å². The molecule has 0 heterocycles. The summed E-state index contributed by atoms with van der Waals surface area (Å²) in [5, 5.41) is -0.428. The molecular weight excluding hydrogens is 274 g/mol. The Bertz CT molecular complexity index is 267. The van der Waals surface area contributed by atoms with Gasteiger partial charge in [-0.2, -0.15) is 0 Å². The largest absolute Gasteiger partial charge is 0.462 e. The van der Waals surface area contributed by atoms with Gasteiger partial charge in [0.1, 0.15) is 5.03 Å². The van der Waals surface area contributed by atoms with Crippen LogP contribution in [0.4, 0.5) is 0 Å². The second-order valence-electron chi connectivity index (χ2n) is 2.07. The molecule has 0 amide bonds. The third-order valence-corrected chi connectivity index (χ3v) is 1.83. The lowest BCUT2D eigenvalue weighted by Gasteiger charge is -2.05. The van der Waals surface area contributed by atoms with Gasteiger partial charge in [0.25, 0.3) is 3.79 Å². The highest BCUT2D eigenvalue weighted by Crippen LogP contribution is 2.28. The fraction of sp³-hybridized carbons (Fsp3) is 0.429. The van der Waals surface area contributed by atoms with Crippen LogP contribution in [0, 0.1) is 0 Å². The summed E-state index contributed by atoms with van der Waals surface area (Å²) in [7, 11) is 0. The third kappa shape index (κ3) is 5.05. The number of ketones is 1. The van der Waals surface area contributed by atoms with Gasteiger partial charge in [0.2, 0.25) is 5.78 Å². The van der Waals surface area contributed by atoms with Gasteiger partial charge in [0.15, 0.2) is 0 Å². The van der Waals surface area contributed by atoms with E-state index in [0.717, 1.165) is 0 Å². The first-order valence-electron chi connectivity index (χ1n) is 3.44. The van der Waals surface area contributed by atoms with Crippen molar-refractivity contribution in [3.63, 3.8) is 0 Å². The maximum absolute atomic E-state index is 11.0. The fourth-order valence-corrected chi connectivity index (χ4v) is 0.773. The Kier molecular flexibility index (Phi) is 5.83. The van der Waals surface area contributed by atoms with Crippen LogP contribution in [-0.4, -0.2) is 22.2 Å². The molecule has 0 bridgehead atoms. The normalized spacial score (nSPS) is 12.5. The Morgan fingerprint density at radius 1 is 1.36 bits per heavy atom. The van der Waals surface area contributed by atoms with Crippen molar-refractivity contribution < 1.29 is 14.3 Å². The van der Waals surface area contributed by atoms with Gasteiger partial charge in [-0.05, 0) is 6.92 Å². The number of alkyl halides is 3. The zero-order chi connectivity index (χ0) is 11.4. The number of rotatable bonds is 3. The van der Waals surface area contributed by atoms with Gasteiger partial charge in [-0.25, -0.2) is 4.79 Å². The molecule has 7 heteroatoms. The lowest BCUT2D eigenvalue weighted by Crippen LogP contribution is -2.17. The lowest BCUT2D eigenvalue weighted by atomic mass is 10.4. The quantitative estimate of drug-likeness (QED) is 0.453. The van der Waals surface area contributed by atoms with Gasteiger partial charge in [-0.1, -0.05) is 46.4 Å². The van der Waals surface area contributed by atoms with E-state index in [-0.39, 0.29) is 6.61 Å². The van der Waals surface area contributed by atoms with Crippen LogP contribution in [-0.2, 0) is 14.3 Å². The third-order valence-electron chi connectivity index (χ3n) is 1.01. The van der Waals surface area contributed by atoms with Crippen molar-refractivity contribution in [3.8, 4) is 0 Å². The van der Waals surface area contributed by atoms with Crippen molar-refractivity contribution >= 4 is 58.2 Å². The van der Waals surface area contributed by atoms with Crippen molar-refractivity contribution in [2.24, 2.45) is 0 Å². The molecule has 3 nitrogen and oxygen atoms in total. The number of ether oxygens (including phenoxy) is 1. The van der Waals surface area contributed by atoms with E-state index in [0.29, 0.717) is 6.08 Å². The number of halogens is 4. The van der Waals surface area contributed by atoms with Crippen LogP contribution >= 0.6 is 46.4 Å². The second-order valence-corrected chi connectivity index (χ2v) is 4.76. The van der Waals surface area contributed by atoms with Crippen LogP contribution in [0.3, 0.4) is 0 Å². The van der Waals surface area contributed by atoms with Crippen molar-refractivity contribution in [2.45, 2.75) is 10.7 Å². The predicted molar refractivity (Wildman–Crippen MR) is 55.9 cm³/mol. The average molecular weight is 280 g/mol. The van der Waals surface area contributed by atoms with Gasteiger partial charge in [-0.15, -0.1) is 0 Å². The van der Waals surface area contributed by atoms with Gasteiger partial charge in [-0.3, -0.25) is 4.79 Å². The van der Waals surface area contributed by atoms with Crippen molar-refractivity contribution in [3.05, 3.63) is 11.1 Å². The number of carbonyl (C=O) groups excluding carboxylic acids is 2. The fourth-order valence-electron chi connectivity index (χ4n) is 0.456. The van der Waals surface area contributed by atoms with Gasteiger partial charge in [0, 0.05) is 6.08 Å². The Morgan fingerprint density at radius 2 is 1.86 bits per heavy atom. The minimum Gasteiger partial charge on any atom is -0.462 e. The van der Waals surface area contributed by atoms with Crippen LogP contribution in [0.15, 0.2) is 11.1 Å². The van der Waals surface area contributed by atoms with E-state index >= 15 is 0 Å². The minimum absolute atomic E-state index is 0.144. The standard InChI is InChI=1S/C7H6Cl4O3/c1-2-14-6(13)4(8)3-5(12)7(9,10)11/h3H,2H2,1H3/b4-3-. The van der Waals surface area contributed by atoms with Crippen LogP contribution in [0.2, 0.25) is 0 Å². The molecule has 0 rings (SSSR count). The van der Waals surface area contributed by atoms with Gasteiger partial charge < -0.3 is 4.74 Å². The molecule has 0 aliphatic heterocycles. The molecule has 80 valence electrons. The zero-order valence-corrected chi connectivity index (χ0v) is 10.0. The molecule has 0 saturated carbocycles. The highest BCUT2D eigenvalue weighted by Gasteiger charge is 2.29. The first-order valence-corrected chi connectivity index (χ1v) is 4.95. The summed E-state index contributed by atoms with van der Waals surface area (Å²) >= 11 is 21.1. The predicted octanol–water partition coefficient (Wildman–Crippen LogP) is 2.61. The summed E-state index contributed by atoms with van der Waals surface area (Å²) < 4.78 is 2.38. The summed E-state index contributed by atoms with van der Waals surface area (Å²) in [5.74, 6) is -1.74. The molecule has 0 atom stereocenters. The molecule has 14 heavy (non-hydrogen) atoms. The molecule has 0 aliphatic carbocycles. The number of esters is 1. The molecule has 0 saturated heterocycles. The number of hydrogen-bond acceptors (Lipinski definition) is 3. The summed E-state index contributed by atoms with van der Waals surface area (Å²) in [4.78, 5) is 21.9. The maximum Gasteiger partial charge on any atom is 0.349 e. The molecule has 0 aliphatic rings. The molecule has 0 unspecified atom stereocenters. The van der Waals surface area contributed by atoms with Gasteiger partial charge in [0.05, 0.1) is 6.61 Å². The Morgan fingerprint density at radius 3 is 2.21 bits per heavy atom. The Hall–Kier alpha value is 0.0400. The van der Waals surface area contributed by atoms with Crippen LogP contribution in [0.5, 0.6) is 0 Å². The summed E-state index contributed by atoms with van der Waals surface area (Å²) in [6, 6.07) is 0. The molecule has 0 radical (unpaired) electrons. The molecule has 0 aromatic rings. The molecule has 0 spiro atoms. The van der Waals surface area contributed by atoms with E-state index in [1.54, 1.807) is 6.92 Å². The minimum atomic E-state index is -2.12. The molecule has 0 fully saturated rings. The van der Waals surface area contributed by atoms with Crippen molar-refractivity contribution in [1.82, 2.24) is 0 Å². The van der Waals surface area contributed by atoms with Crippen LogP contribution < -0.4 is 0 Å². The molecule has 0 N–H and O–H groups in total. The second kappa shape index (κ2) is 5.81. The number of hydrogen-bond donors (Lipinski definition) is 0. The molecule has 0 aromatic carbocycles. The SMILES string of the molecule is CCOC(=O)/C(Cl)=C/C(=O)C(Cl)(Cl)Cl. The van der Waals surface area contributed by atoms with E-state index in [9.17, 15) is 9.59 Å². The molecular formula is C7H6Cl4O3. The smallest absolute Gasteiger partial charge is 0.349 e.